The van der Waals surface area contributed by atoms with Gasteiger partial charge in [-0.3, -0.25) is 0 Å². The van der Waals surface area contributed by atoms with Gasteiger partial charge in [-0.25, -0.2) is 0 Å². The van der Waals surface area contributed by atoms with Crippen molar-refractivity contribution in [1.29, 1.82) is 0 Å². The maximum Gasteiger partial charge on any atom is -0.0264 e. The van der Waals surface area contributed by atoms with E-state index in [4.69, 9.17) is 0 Å². The highest BCUT2D eigenvalue weighted by molar-refractivity contribution is 5.09. The Morgan fingerprint density at radius 2 is 1.50 bits per heavy atom. The van der Waals surface area contributed by atoms with Crippen LogP contribution in [0.25, 0.3) is 0 Å². The van der Waals surface area contributed by atoms with Crippen molar-refractivity contribution < 1.29 is 0 Å². The summed E-state index contributed by atoms with van der Waals surface area (Å²) in [4.78, 5) is 0. The Balaban J connectivity index is 1.46. The first-order valence-electron chi connectivity index (χ1n) is 13.3. The van der Waals surface area contributed by atoms with Crippen LogP contribution in [0, 0.1) is 58.2 Å². The van der Waals surface area contributed by atoms with Crippen LogP contribution in [0.2, 0.25) is 0 Å². The van der Waals surface area contributed by atoms with E-state index in [1.807, 2.05) is 0 Å². The van der Waals surface area contributed by atoms with Crippen LogP contribution in [0.1, 0.15) is 119 Å². The van der Waals surface area contributed by atoms with Crippen LogP contribution in [-0.2, 0) is 0 Å². The summed E-state index contributed by atoms with van der Waals surface area (Å²) in [5, 5.41) is 0. The highest BCUT2D eigenvalue weighted by Gasteiger charge is 2.60. The fourth-order valence-electron chi connectivity index (χ4n) is 9.50. The molecule has 0 aromatic rings. The van der Waals surface area contributed by atoms with Gasteiger partial charge in [0.15, 0.2) is 0 Å². The van der Waals surface area contributed by atoms with Crippen LogP contribution in [0.5, 0.6) is 0 Å². The van der Waals surface area contributed by atoms with E-state index in [0.717, 1.165) is 47.3 Å². The van der Waals surface area contributed by atoms with Gasteiger partial charge in [-0.15, -0.1) is 0 Å². The van der Waals surface area contributed by atoms with Crippen LogP contribution in [0.3, 0.4) is 0 Å². The van der Waals surface area contributed by atoms with Crippen LogP contribution in [-0.4, -0.2) is 0 Å². The second-order valence-corrected chi connectivity index (χ2v) is 13.1. The average molecular weight is 387 g/mol. The minimum absolute atomic E-state index is 0.670. The molecule has 0 aromatic carbocycles. The molecule has 0 heterocycles. The summed E-state index contributed by atoms with van der Waals surface area (Å²) in [7, 11) is 0. The molecule has 4 aliphatic carbocycles. The molecule has 0 amide bonds. The molecule has 4 fully saturated rings. The largest absolute Gasteiger partial charge is 0.0628 e. The highest BCUT2D eigenvalue weighted by atomic mass is 14.6. The molecule has 0 aliphatic heterocycles. The lowest BCUT2D eigenvalue weighted by atomic mass is 9.44. The van der Waals surface area contributed by atoms with Gasteiger partial charge < -0.3 is 0 Å². The predicted octanol–water partition coefficient (Wildman–Crippen LogP) is 8.74. The fourth-order valence-corrected chi connectivity index (χ4v) is 9.50. The normalized spacial score (nSPS) is 49.4. The molecule has 0 radical (unpaired) electrons. The molecule has 0 bridgehead atoms. The quantitative estimate of drug-likeness (QED) is 0.443. The van der Waals surface area contributed by atoms with Gasteiger partial charge in [0, 0.05) is 0 Å². The molecule has 4 saturated carbocycles. The Morgan fingerprint density at radius 1 is 0.786 bits per heavy atom. The van der Waals surface area contributed by atoms with Crippen molar-refractivity contribution in [1.82, 2.24) is 0 Å². The smallest absolute Gasteiger partial charge is 0.0264 e. The van der Waals surface area contributed by atoms with Crippen molar-refractivity contribution in [2.45, 2.75) is 119 Å². The van der Waals surface area contributed by atoms with Gasteiger partial charge in [-0.2, -0.15) is 0 Å². The first-order chi connectivity index (χ1) is 13.3. The molecule has 0 nitrogen and oxygen atoms in total. The third-order valence-corrected chi connectivity index (χ3v) is 11.1. The van der Waals surface area contributed by atoms with Crippen LogP contribution >= 0.6 is 0 Å². The summed E-state index contributed by atoms with van der Waals surface area (Å²) in [6.45, 7) is 15.4. The Bertz CT molecular complexity index is 534. The first-order valence-corrected chi connectivity index (χ1v) is 13.3. The highest BCUT2D eigenvalue weighted by Crippen LogP contribution is 2.68. The van der Waals surface area contributed by atoms with Gasteiger partial charge >= 0.3 is 0 Å². The van der Waals surface area contributed by atoms with E-state index >= 15 is 0 Å². The number of fused-ring (bicyclic) bond motifs is 5. The van der Waals surface area contributed by atoms with Gasteiger partial charge in [-0.1, -0.05) is 67.2 Å². The molecule has 0 N–H and O–H groups in total. The van der Waals surface area contributed by atoms with Gasteiger partial charge in [-0.05, 0) is 110 Å². The third-order valence-electron chi connectivity index (χ3n) is 11.1. The monoisotopic (exact) mass is 386 g/mol. The lowest BCUT2D eigenvalue weighted by molar-refractivity contribution is -0.120. The number of rotatable bonds is 5. The zero-order chi connectivity index (χ0) is 20.1. The van der Waals surface area contributed by atoms with Crippen molar-refractivity contribution in [3.63, 3.8) is 0 Å². The van der Waals surface area contributed by atoms with Gasteiger partial charge in [0.05, 0.1) is 0 Å². The Hall–Kier alpha value is 0. The predicted molar refractivity (Wildman–Crippen MR) is 122 cm³/mol. The zero-order valence-electron chi connectivity index (χ0n) is 20.1. The third kappa shape index (κ3) is 3.51. The van der Waals surface area contributed by atoms with Gasteiger partial charge in [0.25, 0.3) is 0 Å². The minimum Gasteiger partial charge on any atom is -0.0628 e. The fraction of sp³-hybridized carbons (Fsp3) is 1.00. The lowest BCUT2D eigenvalue weighted by Crippen LogP contribution is -2.53. The second kappa shape index (κ2) is 7.92. The lowest BCUT2D eigenvalue weighted by Gasteiger charge is -2.61. The summed E-state index contributed by atoms with van der Waals surface area (Å²) in [5.41, 5.74) is 1.36. The van der Waals surface area contributed by atoms with Crippen molar-refractivity contribution in [3.05, 3.63) is 0 Å². The van der Waals surface area contributed by atoms with Crippen molar-refractivity contribution in [2.75, 3.05) is 0 Å². The molecule has 0 heteroatoms. The molecule has 4 aliphatic rings. The standard InChI is InChI=1S/C28H50/c1-19(2)8-7-9-21(4)24-12-13-25-23-11-10-22-18-20(3)14-16-27(22,5)26(23)15-17-28(24,25)6/h19-26H,7-18H2,1-6H3/t20?,21-,22?,23+,24-,25+,26+,27+,28-/m1/s1. The Labute approximate surface area is 177 Å². The summed E-state index contributed by atoms with van der Waals surface area (Å²) in [6, 6.07) is 0. The van der Waals surface area contributed by atoms with E-state index in [0.29, 0.717) is 10.8 Å². The molecule has 28 heavy (non-hydrogen) atoms. The molecule has 0 aromatic heterocycles. The van der Waals surface area contributed by atoms with E-state index in [-0.39, 0.29) is 0 Å². The van der Waals surface area contributed by atoms with E-state index in [9.17, 15) is 0 Å². The summed E-state index contributed by atoms with van der Waals surface area (Å²) < 4.78 is 0. The Kier molecular flexibility index (Phi) is 6.01. The molecule has 4 rings (SSSR count). The molecule has 162 valence electrons. The van der Waals surface area contributed by atoms with E-state index in [1.165, 1.54) is 32.1 Å². The molecule has 2 unspecified atom stereocenters. The van der Waals surface area contributed by atoms with E-state index in [2.05, 4.69) is 41.5 Å². The van der Waals surface area contributed by atoms with Crippen molar-refractivity contribution in [3.8, 4) is 0 Å². The average Bonchev–Trinajstić information content (AvgIpc) is 2.99. The molecule has 0 spiro atoms. The maximum atomic E-state index is 2.75. The van der Waals surface area contributed by atoms with Crippen molar-refractivity contribution in [2.24, 2.45) is 58.2 Å². The van der Waals surface area contributed by atoms with Crippen LogP contribution < -0.4 is 0 Å². The topological polar surface area (TPSA) is 0 Å². The van der Waals surface area contributed by atoms with E-state index < -0.39 is 0 Å². The summed E-state index contributed by atoms with van der Waals surface area (Å²) >= 11 is 0. The number of hydrogen-bond acceptors (Lipinski definition) is 0. The molecule has 0 saturated heterocycles. The first kappa shape index (κ1) is 21.2. The van der Waals surface area contributed by atoms with E-state index in [1.54, 1.807) is 44.9 Å². The van der Waals surface area contributed by atoms with Crippen LogP contribution in [0.4, 0.5) is 0 Å². The Morgan fingerprint density at radius 3 is 2.25 bits per heavy atom. The SMILES string of the molecule is CC(C)CCC[C@@H](C)[C@H]1CC[C@H]2[C@@H]3CCC4CC(C)CC[C@]4(C)[C@H]3CC[C@]12C. The number of hydrogen-bond donors (Lipinski definition) is 0. The molecular weight excluding hydrogens is 336 g/mol. The minimum atomic E-state index is 0.670. The molecular formula is C28H50. The summed E-state index contributed by atoms with van der Waals surface area (Å²) in [6.07, 6.45) is 18.3. The van der Waals surface area contributed by atoms with Crippen molar-refractivity contribution >= 4 is 0 Å². The summed E-state index contributed by atoms with van der Waals surface area (Å²) in [5.74, 6) is 8.08. The second-order valence-electron chi connectivity index (χ2n) is 13.1. The van der Waals surface area contributed by atoms with Gasteiger partial charge in [0.2, 0.25) is 0 Å². The van der Waals surface area contributed by atoms with Gasteiger partial charge in [0.1, 0.15) is 0 Å². The molecule has 9 atom stereocenters. The van der Waals surface area contributed by atoms with Crippen LogP contribution in [0.15, 0.2) is 0 Å². The zero-order valence-corrected chi connectivity index (χ0v) is 20.1. The maximum absolute atomic E-state index is 2.75.